The number of nitrogens with zero attached hydrogens (tertiary/aromatic N) is 3. The van der Waals surface area contributed by atoms with Crippen LogP contribution in [-0.4, -0.2) is 40.3 Å². The molecule has 0 N–H and O–H groups in total. The standard InChI is InChI=1S/C23H27N3OS/c1-17-7-9-18(10-8-17)15-26-14-13-19(11-12-23(26)27)25(2)16-22-24-20-5-3-4-6-21(20)28-22/h3-10,19H,11-16H2,1-2H3. The molecule has 0 aliphatic carbocycles. The van der Waals surface area contributed by atoms with Crippen molar-refractivity contribution in [2.75, 3.05) is 13.6 Å². The number of rotatable bonds is 5. The first-order valence-corrected chi connectivity index (χ1v) is 10.8. The fraction of sp³-hybridized carbons (Fsp3) is 0.391. The van der Waals surface area contributed by atoms with Gasteiger partial charge in [-0.25, -0.2) is 4.98 Å². The lowest BCUT2D eigenvalue weighted by Gasteiger charge is -2.26. The second-order valence-electron chi connectivity index (χ2n) is 7.77. The summed E-state index contributed by atoms with van der Waals surface area (Å²) in [6, 6.07) is 17.2. The van der Waals surface area contributed by atoms with Crippen LogP contribution in [0.3, 0.4) is 0 Å². The van der Waals surface area contributed by atoms with Crippen LogP contribution in [0.1, 0.15) is 35.4 Å². The second kappa shape index (κ2) is 8.41. The number of thiazole rings is 1. The third-order valence-corrected chi connectivity index (χ3v) is 6.64. The molecule has 0 saturated carbocycles. The average Bonchev–Trinajstić information content (AvgIpc) is 3.01. The Hall–Kier alpha value is -2.24. The molecule has 1 amide bonds. The van der Waals surface area contributed by atoms with Crippen LogP contribution >= 0.6 is 11.3 Å². The molecule has 1 aromatic heterocycles. The largest absolute Gasteiger partial charge is 0.338 e. The lowest BCUT2D eigenvalue weighted by Crippen LogP contribution is -2.33. The molecule has 0 bridgehead atoms. The third kappa shape index (κ3) is 4.42. The molecule has 4 nitrogen and oxygen atoms in total. The number of hydrogen-bond donors (Lipinski definition) is 0. The molecule has 1 unspecified atom stereocenters. The van der Waals surface area contributed by atoms with Crippen LogP contribution in [0.25, 0.3) is 10.2 Å². The van der Waals surface area contributed by atoms with Crippen LogP contribution in [0, 0.1) is 6.92 Å². The fourth-order valence-electron chi connectivity index (χ4n) is 3.87. The summed E-state index contributed by atoms with van der Waals surface area (Å²) >= 11 is 1.77. The number of benzene rings is 2. The van der Waals surface area contributed by atoms with Crippen molar-refractivity contribution in [2.45, 2.75) is 45.3 Å². The highest BCUT2D eigenvalue weighted by Crippen LogP contribution is 2.25. The van der Waals surface area contributed by atoms with Gasteiger partial charge in [-0.3, -0.25) is 9.69 Å². The van der Waals surface area contributed by atoms with E-state index in [2.05, 4.69) is 61.3 Å². The van der Waals surface area contributed by atoms with E-state index in [1.165, 1.54) is 15.8 Å². The minimum atomic E-state index is 0.275. The third-order valence-electron chi connectivity index (χ3n) is 5.62. The number of likely N-dealkylation sites (tertiary alicyclic amines) is 1. The van der Waals surface area contributed by atoms with Gasteiger partial charge < -0.3 is 4.90 Å². The van der Waals surface area contributed by atoms with Gasteiger partial charge in [0.2, 0.25) is 5.91 Å². The number of carbonyl (C=O) groups is 1. The summed E-state index contributed by atoms with van der Waals surface area (Å²) in [7, 11) is 2.16. The van der Waals surface area contributed by atoms with E-state index in [-0.39, 0.29) is 5.91 Å². The quantitative estimate of drug-likeness (QED) is 0.635. The molecule has 5 heteroatoms. The smallest absolute Gasteiger partial charge is 0.222 e. The Morgan fingerprint density at radius 1 is 1.14 bits per heavy atom. The van der Waals surface area contributed by atoms with E-state index < -0.39 is 0 Å². The van der Waals surface area contributed by atoms with Gasteiger partial charge >= 0.3 is 0 Å². The first kappa shape index (κ1) is 19.1. The van der Waals surface area contributed by atoms with E-state index in [0.29, 0.717) is 19.0 Å². The molecule has 1 aliphatic rings. The van der Waals surface area contributed by atoms with Crippen molar-refractivity contribution in [2.24, 2.45) is 0 Å². The average molecular weight is 394 g/mol. The molecular weight excluding hydrogens is 366 g/mol. The summed E-state index contributed by atoms with van der Waals surface area (Å²) in [5.74, 6) is 0.275. The highest BCUT2D eigenvalue weighted by molar-refractivity contribution is 7.18. The summed E-state index contributed by atoms with van der Waals surface area (Å²) in [6.07, 6.45) is 2.56. The van der Waals surface area contributed by atoms with Crippen LogP contribution < -0.4 is 0 Å². The molecule has 1 saturated heterocycles. The van der Waals surface area contributed by atoms with E-state index >= 15 is 0 Å². The lowest BCUT2D eigenvalue weighted by atomic mass is 10.1. The number of fused-ring (bicyclic) bond motifs is 1. The molecular formula is C23H27N3OS. The van der Waals surface area contributed by atoms with Gasteiger partial charge in [0.1, 0.15) is 5.01 Å². The zero-order valence-corrected chi connectivity index (χ0v) is 17.4. The summed E-state index contributed by atoms with van der Waals surface area (Å²) in [4.78, 5) is 21.8. The Morgan fingerprint density at radius 3 is 2.71 bits per heavy atom. The molecule has 3 aromatic rings. The predicted octanol–water partition coefficient (Wildman–Crippen LogP) is 4.62. The zero-order chi connectivity index (χ0) is 19.5. The second-order valence-corrected chi connectivity index (χ2v) is 8.89. The molecule has 2 aromatic carbocycles. The number of amides is 1. The van der Waals surface area contributed by atoms with Crippen molar-refractivity contribution < 1.29 is 4.79 Å². The molecule has 2 heterocycles. The van der Waals surface area contributed by atoms with E-state index in [1.807, 2.05) is 11.0 Å². The van der Waals surface area contributed by atoms with Crippen molar-refractivity contribution in [3.63, 3.8) is 0 Å². The maximum Gasteiger partial charge on any atom is 0.222 e. The van der Waals surface area contributed by atoms with Crippen LogP contribution in [0.5, 0.6) is 0 Å². The molecule has 0 spiro atoms. The van der Waals surface area contributed by atoms with Gasteiger partial charge in [-0.1, -0.05) is 42.0 Å². The van der Waals surface area contributed by atoms with E-state index in [1.54, 1.807) is 11.3 Å². The SMILES string of the molecule is Cc1ccc(CN2CCC(N(C)Cc3nc4ccccc4s3)CCC2=O)cc1. The van der Waals surface area contributed by atoms with Crippen LogP contribution in [-0.2, 0) is 17.9 Å². The van der Waals surface area contributed by atoms with Gasteiger partial charge in [0, 0.05) is 25.6 Å². The van der Waals surface area contributed by atoms with Crippen molar-refractivity contribution in [1.29, 1.82) is 0 Å². The molecule has 146 valence electrons. The zero-order valence-electron chi connectivity index (χ0n) is 16.6. The first-order chi connectivity index (χ1) is 13.6. The number of hydrogen-bond acceptors (Lipinski definition) is 4. The maximum atomic E-state index is 12.6. The Bertz CT molecular complexity index is 917. The van der Waals surface area contributed by atoms with Crippen molar-refractivity contribution in [3.05, 3.63) is 64.7 Å². The summed E-state index contributed by atoms with van der Waals surface area (Å²) in [5.41, 5.74) is 3.54. The van der Waals surface area contributed by atoms with E-state index in [9.17, 15) is 4.79 Å². The highest BCUT2D eigenvalue weighted by Gasteiger charge is 2.25. The van der Waals surface area contributed by atoms with Gasteiger partial charge in [0.25, 0.3) is 0 Å². The van der Waals surface area contributed by atoms with E-state index in [0.717, 1.165) is 36.5 Å². The van der Waals surface area contributed by atoms with Crippen LogP contribution in [0.2, 0.25) is 0 Å². The summed E-state index contributed by atoms with van der Waals surface area (Å²) < 4.78 is 1.24. The molecule has 1 aliphatic heterocycles. The lowest BCUT2D eigenvalue weighted by molar-refractivity contribution is -0.131. The summed E-state index contributed by atoms with van der Waals surface area (Å²) in [6.45, 7) is 4.47. The maximum absolute atomic E-state index is 12.6. The molecule has 1 fully saturated rings. The monoisotopic (exact) mass is 393 g/mol. The molecule has 4 rings (SSSR count). The highest BCUT2D eigenvalue weighted by atomic mass is 32.1. The first-order valence-electron chi connectivity index (χ1n) is 9.96. The number of aryl methyl sites for hydroxylation is 1. The molecule has 0 radical (unpaired) electrons. The minimum Gasteiger partial charge on any atom is -0.338 e. The Kier molecular flexibility index (Phi) is 5.74. The van der Waals surface area contributed by atoms with Gasteiger partial charge in [-0.2, -0.15) is 0 Å². The Balaban J connectivity index is 1.38. The van der Waals surface area contributed by atoms with E-state index in [4.69, 9.17) is 4.98 Å². The summed E-state index contributed by atoms with van der Waals surface area (Å²) in [5, 5.41) is 1.15. The van der Waals surface area contributed by atoms with Gasteiger partial charge in [0.15, 0.2) is 0 Å². The van der Waals surface area contributed by atoms with Crippen molar-refractivity contribution in [1.82, 2.24) is 14.8 Å². The van der Waals surface area contributed by atoms with Crippen LogP contribution in [0.15, 0.2) is 48.5 Å². The molecule has 28 heavy (non-hydrogen) atoms. The Morgan fingerprint density at radius 2 is 1.93 bits per heavy atom. The number of aromatic nitrogens is 1. The van der Waals surface area contributed by atoms with Crippen molar-refractivity contribution >= 4 is 27.5 Å². The predicted molar refractivity (Wildman–Crippen MR) is 115 cm³/mol. The molecule has 1 atom stereocenters. The fourth-order valence-corrected chi connectivity index (χ4v) is 4.90. The van der Waals surface area contributed by atoms with Gasteiger partial charge in [-0.05, 0) is 44.5 Å². The van der Waals surface area contributed by atoms with Gasteiger partial charge in [-0.15, -0.1) is 11.3 Å². The minimum absolute atomic E-state index is 0.275. The Labute approximate surface area is 170 Å². The normalized spacial score (nSPS) is 18.0. The van der Waals surface area contributed by atoms with Gasteiger partial charge in [0.05, 0.1) is 16.8 Å². The van der Waals surface area contributed by atoms with Crippen molar-refractivity contribution in [3.8, 4) is 0 Å². The number of para-hydroxylation sites is 1. The number of carbonyl (C=O) groups excluding carboxylic acids is 1. The van der Waals surface area contributed by atoms with Crippen LogP contribution in [0.4, 0.5) is 0 Å². The topological polar surface area (TPSA) is 36.4 Å².